The van der Waals surface area contributed by atoms with Gasteiger partial charge in [0, 0.05) is 6.04 Å². The van der Waals surface area contributed by atoms with E-state index in [0.717, 1.165) is 6.42 Å². The van der Waals surface area contributed by atoms with E-state index in [-0.39, 0.29) is 28.6 Å². The lowest BCUT2D eigenvalue weighted by Crippen LogP contribution is -2.29. The van der Waals surface area contributed by atoms with Crippen molar-refractivity contribution < 1.29 is 14.7 Å². The summed E-state index contributed by atoms with van der Waals surface area (Å²) in [5.74, 6) is -1.28. The largest absolute Gasteiger partial charge is 0.478 e. The van der Waals surface area contributed by atoms with Crippen molar-refractivity contribution in [2.24, 2.45) is 5.41 Å². The Hall–Kier alpha value is -1.91. The molecule has 1 atom stereocenters. The van der Waals surface area contributed by atoms with Gasteiger partial charge in [0.1, 0.15) is 5.69 Å². The van der Waals surface area contributed by atoms with Gasteiger partial charge in [-0.15, -0.1) is 0 Å². The van der Waals surface area contributed by atoms with Gasteiger partial charge in [0.15, 0.2) is 0 Å². The number of nitrogens with one attached hydrogen (secondary N) is 1. The molecule has 0 bridgehead atoms. The van der Waals surface area contributed by atoms with Crippen LogP contribution in [0.15, 0.2) is 12.1 Å². The predicted molar refractivity (Wildman–Crippen MR) is 65.6 cm³/mol. The van der Waals surface area contributed by atoms with E-state index in [0.29, 0.717) is 5.69 Å². The molecule has 1 saturated carbocycles. The summed E-state index contributed by atoms with van der Waals surface area (Å²) in [6, 6.07) is 3.05. The van der Waals surface area contributed by atoms with Crippen LogP contribution in [0.4, 0.5) is 0 Å². The van der Waals surface area contributed by atoms with E-state index in [9.17, 15) is 9.59 Å². The highest BCUT2D eigenvalue weighted by Gasteiger charge is 2.46. The number of carbonyl (C=O) groups excluding carboxylic acids is 1. The van der Waals surface area contributed by atoms with Crippen LogP contribution in [0.1, 0.15) is 46.8 Å². The van der Waals surface area contributed by atoms with Crippen molar-refractivity contribution in [1.82, 2.24) is 10.3 Å². The van der Waals surface area contributed by atoms with Crippen molar-refractivity contribution in [2.45, 2.75) is 33.2 Å². The number of aryl methyl sites for hydroxylation is 1. The van der Waals surface area contributed by atoms with Crippen LogP contribution in [0.25, 0.3) is 0 Å². The van der Waals surface area contributed by atoms with Gasteiger partial charge >= 0.3 is 5.97 Å². The van der Waals surface area contributed by atoms with Crippen LogP contribution in [0.5, 0.6) is 0 Å². The number of pyridine rings is 1. The number of amides is 1. The number of carboxylic acids is 1. The second kappa shape index (κ2) is 4.08. The lowest BCUT2D eigenvalue weighted by atomic mass is 10.1. The van der Waals surface area contributed by atoms with Gasteiger partial charge in [0.2, 0.25) is 0 Å². The normalized spacial score (nSPS) is 20.3. The maximum Gasteiger partial charge on any atom is 0.337 e. The Kier molecular flexibility index (Phi) is 2.84. The summed E-state index contributed by atoms with van der Waals surface area (Å²) in [5.41, 5.74) is 0.898. The Labute approximate surface area is 105 Å². The summed E-state index contributed by atoms with van der Waals surface area (Å²) in [4.78, 5) is 26.8. The van der Waals surface area contributed by atoms with E-state index >= 15 is 0 Å². The molecule has 1 amide bonds. The smallest absolute Gasteiger partial charge is 0.337 e. The molecule has 0 radical (unpaired) electrons. The number of rotatable bonds is 3. The fraction of sp³-hybridized carbons (Fsp3) is 0.462. The molecule has 0 aliphatic heterocycles. The summed E-state index contributed by atoms with van der Waals surface area (Å²) < 4.78 is 0. The Morgan fingerprint density at radius 3 is 2.50 bits per heavy atom. The first kappa shape index (κ1) is 12.5. The third-order valence-corrected chi connectivity index (χ3v) is 3.37. The monoisotopic (exact) mass is 248 g/mol. The zero-order valence-corrected chi connectivity index (χ0v) is 10.7. The molecule has 0 aromatic carbocycles. The molecular weight excluding hydrogens is 232 g/mol. The van der Waals surface area contributed by atoms with E-state index in [4.69, 9.17) is 5.11 Å². The van der Waals surface area contributed by atoms with E-state index in [1.807, 2.05) is 0 Å². The molecule has 5 heteroatoms. The number of carboxylic acid groups (broad SMARTS) is 1. The van der Waals surface area contributed by atoms with E-state index in [1.165, 1.54) is 12.1 Å². The lowest BCUT2D eigenvalue weighted by Gasteiger charge is -2.07. The second-order valence-corrected chi connectivity index (χ2v) is 5.35. The Morgan fingerprint density at radius 1 is 1.44 bits per heavy atom. The van der Waals surface area contributed by atoms with E-state index in [2.05, 4.69) is 24.1 Å². The summed E-state index contributed by atoms with van der Waals surface area (Å²) in [5, 5.41) is 11.8. The van der Waals surface area contributed by atoms with Crippen molar-refractivity contribution in [3.05, 3.63) is 29.1 Å². The van der Waals surface area contributed by atoms with Crippen LogP contribution < -0.4 is 5.32 Å². The summed E-state index contributed by atoms with van der Waals surface area (Å²) in [6.45, 7) is 5.76. The molecule has 1 heterocycles. The van der Waals surface area contributed by atoms with Gasteiger partial charge in [-0.1, -0.05) is 13.8 Å². The van der Waals surface area contributed by atoms with Gasteiger partial charge in [-0.25, -0.2) is 9.78 Å². The average molecular weight is 248 g/mol. The van der Waals surface area contributed by atoms with Crippen molar-refractivity contribution in [3.63, 3.8) is 0 Å². The molecule has 1 fully saturated rings. The first-order chi connectivity index (χ1) is 8.31. The van der Waals surface area contributed by atoms with Crippen LogP contribution in [0.2, 0.25) is 0 Å². The van der Waals surface area contributed by atoms with Gasteiger partial charge in [0.25, 0.3) is 5.91 Å². The molecule has 1 aliphatic rings. The first-order valence-electron chi connectivity index (χ1n) is 5.83. The third-order valence-electron chi connectivity index (χ3n) is 3.37. The lowest BCUT2D eigenvalue weighted by molar-refractivity contribution is 0.0694. The summed E-state index contributed by atoms with van der Waals surface area (Å²) in [6.07, 6.45) is 0.963. The van der Waals surface area contributed by atoms with Crippen molar-refractivity contribution in [2.75, 3.05) is 0 Å². The predicted octanol–water partition coefficient (Wildman–Crippen LogP) is 1.62. The number of aromatic carboxylic acids is 1. The van der Waals surface area contributed by atoms with Crippen LogP contribution in [0, 0.1) is 12.3 Å². The average Bonchev–Trinajstić information content (AvgIpc) is 2.85. The van der Waals surface area contributed by atoms with Crippen LogP contribution in [0.3, 0.4) is 0 Å². The molecule has 96 valence electrons. The van der Waals surface area contributed by atoms with Gasteiger partial charge < -0.3 is 10.4 Å². The fourth-order valence-electron chi connectivity index (χ4n) is 1.86. The number of hydrogen-bond donors (Lipinski definition) is 2. The van der Waals surface area contributed by atoms with Crippen molar-refractivity contribution >= 4 is 11.9 Å². The molecule has 1 aromatic heterocycles. The molecule has 1 unspecified atom stereocenters. The molecule has 2 N–H and O–H groups in total. The third kappa shape index (κ3) is 2.34. The van der Waals surface area contributed by atoms with Crippen molar-refractivity contribution in [1.29, 1.82) is 0 Å². The zero-order chi connectivity index (χ0) is 13.5. The highest BCUT2D eigenvalue weighted by Crippen LogP contribution is 2.44. The molecule has 1 aliphatic carbocycles. The Bertz CT molecular complexity index is 523. The SMILES string of the molecule is Cc1nc(C(=O)NC2CC2(C)C)ccc1C(=O)O. The molecule has 0 spiro atoms. The van der Waals surface area contributed by atoms with Crippen LogP contribution >= 0.6 is 0 Å². The number of nitrogens with zero attached hydrogens (tertiary/aromatic N) is 1. The van der Waals surface area contributed by atoms with Crippen LogP contribution in [-0.4, -0.2) is 28.0 Å². The fourth-order valence-corrected chi connectivity index (χ4v) is 1.86. The minimum absolute atomic E-state index is 0.123. The number of hydrogen-bond acceptors (Lipinski definition) is 3. The Balaban J connectivity index is 2.12. The quantitative estimate of drug-likeness (QED) is 0.851. The minimum atomic E-state index is -1.03. The molecule has 2 rings (SSSR count). The number of carbonyl (C=O) groups is 2. The van der Waals surface area contributed by atoms with Gasteiger partial charge in [-0.2, -0.15) is 0 Å². The molecule has 0 saturated heterocycles. The van der Waals surface area contributed by atoms with Gasteiger partial charge in [-0.3, -0.25) is 4.79 Å². The summed E-state index contributed by atoms with van der Waals surface area (Å²) >= 11 is 0. The maximum atomic E-state index is 11.9. The highest BCUT2D eigenvalue weighted by molar-refractivity contribution is 5.94. The minimum Gasteiger partial charge on any atom is -0.478 e. The van der Waals surface area contributed by atoms with Crippen LogP contribution in [-0.2, 0) is 0 Å². The zero-order valence-electron chi connectivity index (χ0n) is 10.7. The van der Waals surface area contributed by atoms with Gasteiger partial charge in [0.05, 0.1) is 11.3 Å². The standard InChI is InChI=1S/C13H16N2O3/c1-7-8(12(17)18)4-5-9(14-7)11(16)15-10-6-13(10,2)3/h4-5,10H,6H2,1-3H3,(H,15,16)(H,17,18). The summed E-state index contributed by atoms with van der Waals surface area (Å²) in [7, 11) is 0. The molecule has 1 aromatic rings. The first-order valence-corrected chi connectivity index (χ1v) is 5.83. The van der Waals surface area contributed by atoms with E-state index < -0.39 is 5.97 Å². The highest BCUT2D eigenvalue weighted by atomic mass is 16.4. The molecule has 5 nitrogen and oxygen atoms in total. The van der Waals surface area contributed by atoms with Crippen molar-refractivity contribution in [3.8, 4) is 0 Å². The molecular formula is C13H16N2O3. The molecule has 18 heavy (non-hydrogen) atoms. The Morgan fingerprint density at radius 2 is 2.06 bits per heavy atom. The second-order valence-electron chi connectivity index (χ2n) is 5.35. The topological polar surface area (TPSA) is 79.3 Å². The number of aromatic nitrogens is 1. The maximum absolute atomic E-state index is 11.9. The van der Waals surface area contributed by atoms with Gasteiger partial charge in [-0.05, 0) is 30.9 Å². The van der Waals surface area contributed by atoms with E-state index in [1.54, 1.807) is 6.92 Å².